The predicted molar refractivity (Wildman–Crippen MR) is 130 cm³/mol. The molecule has 3 N–H and O–H groups in total. The van der Waals surface area contributed by atoms with Gasteiger partial charge < -0.3 is 30.3 Å². The molecule has 1 fully saturated rings. The molecule has 2 aromatic carbocycles. The van der Waals surface area contributed by atoms with Crippen LogP contribution in [0.2, 0.25) is 0 Å². The Balaban J connectivity index is 1.37. The Morgan fingerprint density at radius 2 is 1.48 bits per heavy atom. The van der Waals surface area contributed by atoms with Gasteiger partial charge in [0.2, 0.25) is 5.95 Å². The Hall–Kier alpha value is -4.01. The minimum absolute atomic E-state index is 0.361. The number of hydrogen-bond donors (Lipinski definition) is 3. The number of amides is 2. The van der Waals surface area contributed by atoms with Crippen molar-refractivity contribution in [3.8, 4) is 11.5 Å². The van der Waals surface area contributed by atoms with Crippen LogP contribution in [0.1, 0.15) is 18.5 Å². The lowest BCUT2D eigenvalue weighted by atomic mass is 10.2. The summed E-state index contributed by atoms with van der Waals surface area (Å²) in [5.41, 5.74) is 2.99. The summed E-state index contributed by atoms with van der Waals surface area (Å²) in [6, 6.07) is 14.2. The third-order valence-corrected chi connectivity index (χ3v) is 5.31. The summed E-state index contributed by atoms with van der Waals surface area (Å²) in [5.74, 6) is 2.64. The Bertz CT molecular complexity index is 1110. The highest BCUT2D eigenvalue weighted by Crippen LogP contribution is 2.30. The maximum atomic E-state index is 12.4. The minimum atomic E-state index is -0.361. The summed E-state index contributed by atoms with van der Waals surface area (Å²) in [7, 11) is 3.11. The van der Waals surface area contributed by atoms with Crippen LogP contribution in [0.15, 0.2) is 48.5 Å². The molecule has 0 aliphatic carbocycles. The van der Waals surface area contributed by atoms with Gasteiger partial charge in [-0.05, 0) is 56.2 Å². The first-order valence-electron chi connectivity index (χ1n) is 10.8. The van der Waals surface area contributed by atoms with Crippen LogP contribution < -0.4 is 30.3 Å². The second-order valence-electron chi connectivity index (χ2n) is 7.74. The molecule has 1 aliphatic heterocycles. The molecule has 33 heavy (non-hydrogen) atoms. The monoisotopic (exact) mass is 448 g/mol. The fraction of sp³-hybridized carbons (Fsp3) is 0.292. The second-order valence-corrected chi connectivity index (χ2v) is 7.74. The number of benzene rings is 2. The number of aromatic nitrogens is 2. The van der Waals surface area contributed by atoms with Crippen LogP contribution in [0.25, 0.3) is 0 Å². The SMILES string of the molecule is COc1ccc(NC(=O)Nc2ccc(Nc3nc(C)cc(N4CCCC4)n3)cc2)cc1OC. The van der Waals surface area contributed by atoms with Crippen molar-refractivity contribution >= 4 is 34.9 Å². The predicted octanol–water partition coefficient (Wildman–Crippen LogP) is 4.79. The number of hydrogen-bond acceptors (Lipinski definition) is 7. The van der Waals surface area contributed by atoms with Crippen molar-refractivity contribution in [2.24, 2.45) is 0 Å². The standard InChI is InChI=1S/C24H28N6O3/c1-16-14-22(30-12-4-5-13-30)29-23(25-16)26-17-6-8-18(9-7-17)27-24(31)28-19-10-11-20(32-2)21(15-19)33-3/h6-11,14-15H,4-5,12-13H2,1-3H3,(H,25,26,29)(H2,27,28,31). The van der Waals surface area contributed by atoms with Crippen molar-refractivity contribution < 1.29 is 14.3 Å². The fourth-order valence-corrected chi connectivity index (χ4v) is 3.69. The molecular weight excluding hydrogens is 420 g/mol. The molecule has 1 aromatic heterocycles. The molecule has 0 bridgehead atoms. The second kappa shape index (κ2) is 10.1. The number of carbonyl (C=O) groups is 1. The largest absolute Gasteiger partial charge is 0.493 e. The summed E-state index contributed by atoms with van der Waals surface area (Å²) in [4.78, 5) is 23.8. The Morgan fingerprint density at radius 3 is 2.18 bits per heavy atom. The van der Waals surface area contributed by atoms with Crippen molar-refractivity contribution in [3.63, 3.8) is 0 Å². The molecule has 0 unspecified atom stereocenters. The van der Waals surface area contributed by atoms with Crippen LogP contribution >= 0.6 is 0 Å². The number of aryl methyl sites for hydroxylation is 1. The van der Waals surface area contributed by atoms with Gasteiger partial charge in [-0.25, -0.2) is 9.78 Å². The average molecular weight is 449 g/mol. The van der Waals surface area contributed by atoms with E-state index in [1.807, 2.05) is 37.3 Å². The topological polar surface area (TPSA) is 101 Å². The number of carbonyl (C=O) groups excluding carboxylic acids is 1. The van der Waals surface area contributed by atoms with Crippen LogP contribution in [-0.2, 0) is 0 Å². The molecule has 0 radical (unpaired) electrons. The zero-order valence-corrected chi connectivity index (χ0v) is 19.0. The highest BCUT2D eigenvalue weighted by Gasteiger charge is 2.15. The molecule has 1 saturated heterocycles. The van der Waals surface area contributed by atoms with E-state index in [1.54, 1.807) is 32.4 Å². The molecule has 2 heterocycles. The molecule has 172 valence electrons. The summed E-state index contributed by atoms with van der Waals surface area (Å²) >= 11 is 0. The van der Waals surface area contributed by atoms with E-state index in [-0.39, 0.29) is 6.03 Å². The first-order chi connectivity index (χ1) is 16.0. The lowest BCUT2D eigenvalue weighted by molar-refractivity contribution is 0.262. The zero-order chi connectivity index (χ0) is 23.2. The maximum Gasteiger partial charge on any atom is 0.323 e. The molecule has 9 heteroatoms. The molecule has 9 nitrogen and oxygen atoms in total. The van der Waals surface area contributed by atoms with E-state index in [2.05, 4.69) is 30.8 Å². The molecule has 0 atom stereocenters. The van der Waals surface area contributed by atoms with Gasteiger partial charge in [0, 0.05) is 48.0 Å². The Kier molecular flexibility index (Phi) is 6.77. The van der Waals surface area contributed by atoms with E-state index in [1.165, 1.54) is 12.8 Å². The van der Waals surface area contributed by atoms with Crippen LogP contribution in [0.3, 0.4) is 0 Å². The highest BCUT2D eigenvalue weighted by molar-refractivity contribution is 6.00. The van der Waals surface area contributed by atoms with E-state index in [0.29, 0.717) is 28.8 Å². The quantitative estimate of drug-likeness (QED) is 0.478. The van der Waals surface area contributed by atoms with E-state index < -0.39 is 0 Å². The van der Waals surface area contributed by atoms with Gasteiger partial charge in [0.15, 0.2) is 11.5 Å². The number of urea groups is 1. The molecule has 0 spiro atoms. The van der Waals surface area contributed by atoms with Gasteiger partial charge in [-0.3, -0.25) is 0 Å². The third kappa shape index (κ3) is 5.62. The molecule has 0 saturated carbocycles. The van der Waals surface area contributed by atoms with Gasteiger partial charge in [-0.15, -0.1) is 0 Å². The van der Waals surface area contributed by atoms with E-state index in [9.17, 15) is 4.79 Å². The van der Waals surface area contributed by atoms with Gasteiger partial charge in [0.1, 0.15) is 5.82 Å². The van der Waals surface area contributed by atoms with Crippen molar-refractivity contribution in [2.75, 3.05) is 48.2 Å². The van der Waals surface area contributed by atoms with Gasteiger partial charge in [-0.2, -0.15) is 4.98 Å². The van der Waals surface area contributed by atoms with Gasteiger partial charge in [0.05, 0.1) is 14.2 Å². The molecule has 2 amide bonds. The number of rotatable bonds is 7. The van der Waals surface area contributed by atoms with Crippen LogP contribution in [0.4, 0.5) is 33.6 Å². The number of anilines is 5. The van der Waals surface area contributed by atoms with Crippen molar-refractivity contribution in [2.45, 2.75) is 19.8 Å². The number of ether oxygens (including phenoxy) is 2. The highest BCUT2D eigenvalue weighted by atomic mass is 16.5. The first kappa shape index (κ1) is 22.2. The van der Waals surface area contributed by atoms with Gasteiger partial charge >= 0.3 is 6.03 Å². The van der Waals surface area contributed by atoms with Crippen LogP contribution in [-0.4, -0.2) is 43.3 Å². The third-order valence-electron chi connectivity index (χ3n) is 5.31. The van der Waals surface area contributed by atoms with Crippen molar-refractivity contribution in [3.05, 3.63) is 54.2 Å². The summed E-state index contributed by atoms with van der Waals surface area (Å²) in [6.45, 7) is 4.03. The molecule has 1 aliphatic rings. The van der Waals surface area contributed by atoms with E-state index in [4.69, 9.17) is 9.47 Å². The number of nitrogens with zero attached hydrogens (tertiary/aromatic N) is 3. The van der Waals surface area contributed by atoms with Crippen LogP contribution in [0, 0.1) is 6.92 Å². The van der Waals surface area contributed by atoms with Gasteiger partial charge in [-0.1, -0.05) is 0 Å². The van der Waals surface area contributed by atoms with E-state index in [0.717, 1.165) is 30.3 Å². The average Bonchev–Trinajstić information content (AvgIpc) is 3.35. The molecule has 3 aromatic rings. The lowest BCUT2D eigenvalue weighted by Crippen LogP contribution is -2.20. The zero-order valence-electron chi connectivity index (χ0n) is 19.0. The van der Waals surface area contributed by atoms with E-state index >= 15 is 0 Å². The summed E-state index contributed by atoms with van der Waals surface area (Å²) in [5, 5.41) is 8.85. The first-order valence-corrected chi connectivity index (χ1v) is 10.8. The van der Waals surface area contributed by atoms with Crippen molar-refractivity contribution in [1.29, 1.82) is 0 Å². The smallest absolute Gasteiger partial charge is 0.323 e. The lowest BCUT2D eigenvalue weighted by Gasteiger charge is -2.17. The number of methoxy groups -OCH3 is 2. The normalized spacial score (nSPS) is 12.9. The molecule has 4 rings (SSSR count). The van der Waals surface area contributed by atoms with Crippen LogP contribution in [0.5, 0.6) is 11.5 Å². The maximum absolute atomic E-state index is 12.4. The Morgan fingerprint density at radius 1 is 0.848 bits per heavy atom. The van der Waals surface area contributed by atoms with Crippen molar-refractivity contribution in [1.82, 2.24) is 9.97 Å². The minimum Gasteiger partial charge on any atom is -0.493 e. The van der Waals surface area contributed by atoms with Gasteiger partial charge in [0.25, 0.3) is 0 Å². The fourth-order valence-electron chi connectivity index (χ4n) is 3.69. The summed E-state index contributed by atoms with van der Waals surface area (Å²) in [6.07, 6.45) is 2.39. The summed E-state index contributed by atoms with van der Waals surface area (Å²) < 4.78 is 10.5. The molecular formula is C24H28N6O3. The Labute approximate surface area is 193 Å². The number of nitrogens with one attached hydrogen (secondary N) is 3.